The summed E-state index contributed by atoms with van der Waals surface area (Å²) < 4.78 is 8.69. The molecule has 2 fully saturated rings. The van der Waals surface area contributed by atoms with Crippen LogP contribution >= 0.6 is 0 Å². The lowest BCUT2D eigenvalue weighted by Crippen LogP contribution is -2.42. The van der Waals surface area contributed by atoms with Gasteiger partial charge in [-0.1, -0.05) is 43.5 Å². The molecular formula is C37H43N7O3. The second kappa shape index (κ2) is 12.6. The van der Waals surface area contributed by atoms with Crippen molar-refractivity contribution >= 4 is 27.9 Å². The Morgan fingerprint density at radius 1 is 0.979 bits per heavy atom. The number of rotatable bonds is 6. The number of piperidine rings is 1. The van der Waals surface area contributed by atoms with E-state index in [4.69, 9.17) is 9.72 Å². The highest BCUT2D eigenvalue weighted by Gasteiger charge is 2.33. The number of ether oxygens (including phenoxy) is 1. The number of para-hydroxylation sites is 1. The van der Waals surface area contributed by atoms with E-state index in [1.165, 1.54) is 37.8 Å². The minimum atomic E-state index is -0.526. The molecule has 0 spiro atoms. The largest absolute Gasteiger partial charge is 0.438 e. The van der Waals surface area contributed by atoms with Crippen LogP contribution in [0.1, 0.15) is 85.2 Å². The van der Waals surface area contributed by atoms with Crippen LogP contribution in [0.3, 0.4) is 0 Å². The summed E-state index contributed by atoms with van der Waals surface area (Å²) in [6, 6.07) is 14.8. The number of carbonyl (C=O) groups is 1. The second-order valence-electron chi connectivity index (χ2n) is 13.7. The van der Waals surface area contributed by atoms with E-state index in [0.29, 0.717) is 38.4 Å². The van der Waals surface area contributed by atoms with Gasteiger partial charge in [-0.25, -0.2) is 9.78 Å². The van der Waals surface area contributed by atoms with Crippen molar-refractivity contribution in [3.63, 3.8) is 0 Å². The Labute approximate surface area is 274 Å². The summed E-state index contributed by atoms with van der Waals surface area (Å²) >= 11 is 0. The Hall–Kier alpha value is -4.44. The van der Waals surface area contributed by atoms with Crippen molar-refractivity contribution in [2.45, 2.75) is 89.4 Å². The Kier molecular flexibility index (Phi) is 8.05. The number of benzene rings is 2. The summed E-state index contributed by atoms with van der Waals surface area (Å²) in [4.78, 5) is 39.1. The zero-order chi connectivity index (χ0) is 31.9. The van der Waals surface area contributed by atoms with Crippen LogP contribution < -0.4 is 5.56 Å². The van der Waals surface area contributed by atoms with Gasteiger partial charge in [-0.3, -0.25) is 14.8 Å². The van der Waals surface area contributed by atoms with Crippen molar-refractivity contribution in [2.24, 2.45) is 0 Å². The summed E-state index contributed by atoms with van der Waals surface area (Å²) in [6.45, 7) is 5.88. The third-order valence-electron chi connectivity index (χ3n) is 10.8. The lowest BCUT2D eigenvalue weighted by molar-refractivity contribution is 0.0487. The first-order chi connectivity index (χ1) is 23.0. The zero-order valence-electron chi connectivity index (χ0n) is 27.1. The number of hydrogen-bond acceptors (Lipinski definition) is 6. The maximum atomic E-state index is 13.8. The molecule has 10 heteroatoms. The molecule has 0 radical (unpaired) electrons. The molecule has 8 rings (SSSR count). The summed E-state index contributed by atoms with van der Waals surface area (Å²) in [5.41, 5.74) is 6.02. The van der Waals surface area contributed by atoms with Gasteiger partial charge in [0, 0.05) is 67.8 Å². The van der Waals surface area contributed by atoms with Crippen molar-refractivity contribution in [3.8, 4) is 0 Å². The number of nitrogens with zero attached hydrogens (tertiary/aromatic N) is 5. The summed E-state index contributed by atoms with van der Waals surface area (Å²) in [5.74, 6) is 0.915. The van der Waals surface area contributed by atoms with Gasteiger partial charge in [0.25, 0.3) is 5.56 Å². The fourth-order valence-corrected chi connectivity index (χ4v) is 8.21. The fourth-order valence-electron chi connectivity index (χ4n) is 8.21. The predicted octanol–water partition coefficient (Wildman–Crippen LogP) is 6.36. The molecule has 3 aliphatic rings. The predicted molar refractivity (Wildman–Crippen MR) is 181 cm³/mol. The van der Waals surface area contributed by atoms with Crippen molar-refractivity contribution < 1.29 is 9.53 Å². The number of H-pyrrole nitrogens is 2. The first-order valence-corrected chi connectivity index (χ1v) is 17.3. The van der Waals surface area contributed by atoms with Crippen molar-refractivity contribution in [2.75, 3.05) is 19.6 Å². The summed E-state index contributed by atoms with van der Waals surface area (Å²) in [7, 11) is 0. The molecule has 10 nitrogen and oxygen atoms in total. The van der Waals surface area contributed by atoms with Gasteiger partial charge in [0.15, 0.2) is 11.9 Å². The highest BCUT2D eigenvalue weighted by atomic mass is 16.6. The van der Waals surface area contributed by atoms with Gasteiger partial charge >= 0.3 is 6.09 Å². The topological polar surface area (TPSA) is 112 Å². The number of aryl methyl sites for hydroxylation is 1. The van der Waals surface area contributed by atoms with E-state index in [-0.39, 0.29) is 17.6 Å². The molecule has 0 bridgehead atoms. The first-order valence-electron chi connectivity index (χ1n) is 17.3. The Bertz CT molecular complexity index is 1960. The highest BCUT2D eigenvalue weighted by Crippen LogP contribution is 2.32. The van der Waals surface area contributed by atoms with Crippen molar-refractivity contribution in [1.82, 2.24) is 34.5 Å². The van der Waals surface area contributed by atoms with Crippen LogP contribution in [0.4, 0.5) is 4.79 Å². The number of imidazole rings is 1. The van der Waals surface area contributed by atoms with E-state index in [1.54, 1.807) is 4.90 Å². The molecule has 1 aliphatic carbocycles. The normalized spacial score (nSPS) is 18.9. The van der Waals surface area contributed by atoms with E-state index in [2.05, 4.69) is 43.7 Å². The lowest BCUT2D eigenvalue weighted by Gasteiger charge is -2.38. The molecule has 1 unspecified atom stereocenters. The molecule has 1 amide bonds. The van der Waals surface area contributed by atoms with E-state index >= 15 is 0 Å². The Morgan fingerprint density at radius 2 is 1.81 bits per heavy atom. The first kappa shape index (κ1) is 29.9. The molecule has 2 N–H and O–H groups in total. The van der Waals surface area contributed by atoms with Gasteiger partial charge in [0.1, 0.15) is 0 Å². The van der Waals surface area contributed by atoms with E-state index in [9.17, 15) is 9.59 Å². The molecule has 1 atom stereocenters. The van der Waals surface area contributed by atoms with Crippen LogP contribution in [0.15, 0.2) is 59.7 Å². The smallest absolute Gasteiger partial charge is 0.410 e. The number of aromatic amines is 2. The number of likely N-dealkylation sites (tertiary alicyclic amines) is 1. The van der Waals surface area contributed by atoms with Crippen LogP contribution in [0.25, 0.3) is 21.8 Å². The van der Waals surface area contributed by atoms with E-state index < -0.39 is 6.10 Å². The maximum absolute atomic E-state index is 13.8. The maximum Gasteiger partial charge on any atom is 0.410 e. The molecule has 1 saturated carbocycles. The molecule has 244 valence electrons. The summed E-state index contributed by atoms with van der Waals surface area (Å²) in [6.07, 6.45) is 11.5. The van der Waals surface area contributed by atoms with Gasteiger partial charge < -0.3 is 19.2 Å². The Balaban J connectivity index is 1.01. The van der Waals surface area contributed by atoms with Crippen LogP contribution in [0, 0.1) is 6.92 Å². The molecule has 47 heavy (non-hydrogen) atoms. The van der Waals surface area contributed by atoms with E-state index in [1.807, 2.05) is 42.7 Å². The fraction of sp³-hybridized carbons (Fsp3) is 0.459. The highest BCUT2D eigenvalue weighted by molar-refractivity contribution is 5.82. The molecular weight excluding hydrogens is 590 g/mol. The second-order valence-corrected chi connectivity index (χ2v) is 13.7. The standard InChI is InChI=1S/C37H43N7O3/c1-24-17-25(18-28-21-39-41-34(24)28)19-33(35-38-22-30-23-43(15-16-44(30)35)29-8-3-2-4-9-29)47-37(46)42-13-11-26(12-14-42)31-20-27-7-5-6-10-32(27)40-36(31)45/h5-7,10,17-18,20-22,26,29,33H,2-4,8-9,11-16,19,23H2,1H3,(H,39,41)(H,40,45). The number of carbonyl (C=O) groups excluding carboxylic acids is 1. The Morgan fingerprint density at radius 3 is 2.66 bits per heavy atom. The third-order valence-corrected chi connectivity index (χ3v) is 10.8. The van der Waals surface area contributed by atoms with Gasteiger partial charge in [0.2, 0.25) is 0 Å². The van der Waals surface area contributed by atoms with Crippen LogP contribution in [0.5, 0.6) is 0 Å². The number of amides is 1. The van der Waals surface area contributed by atoms with Gasteiger partial charge in [-0.2, -0.15) is 5.10 Å². The SMILES string of the molecule is Cc1cc(CC(OC(=O)N2CCC(c3cc4ccccc4[nH]c3=O)CC2)c2ncc3n2CCN(C2CCCCC2)C3)cc2cn[nH]c12. The minimum absolute atomic E-state index is 0.0409. The number of aromatic nitrogens is 5. The average Bonchev–Trinajstić information content (AvgIpc) is 3.76. The zero-order valence-corrected chi connectivity index (χ0v) is 27.1. The number of nitrogens with one attached hydrogen (secondary N) is 2. The van der Waals surface area contributed by atoms with Crippen LogP contribution in [-0.2, 0) is 24.2 Å². The average molecular weight is 634 g/mol. The molecule has 2 aromatic carbocycles. The third kappa shape index (κ3) is 5.95. The molecule has 2 aliphatic heterocycles. The van der Waals surface area contributed by atoms with Crippen LogP contribution in [0.2, 0.25) is 0 Å². The monoisotopic (exact) mass is 633 g/mol. The molecule has 5 aromatic rings. The molecule has 3 aromatic heterocycles. The number of hydrogen-bond donors (Lipinski definition) is 2. The van der Waals surface area contributed by atoms with Crippen LogP contribution in [-0.4, -0.2) is 66.3 Å². The van der Waals surface area contributed by atoms with E-state index in [0.717, 1.165) is 64.0 Å². The quantitative estimate of drug-likeness (QED) is 0.225. The van der Waals surface area contributed by atoms with Crippen molar-refractivity contribution in [1.29, 1.82) is 0 Å². The lowest BCUT2D eigenvalue weighted by atomic mass is 9.89. The van der Waals surface area contributed by atoms with Gasteiger partial charge in [-0.05, 0) is 73.2 Å². The molecule has 5 heterocycles. The van der Waals surface area contributed by atoms with Gasteiger partial charge in [-0.15, -0.1) is 0 Å². The molecule has 1 saturated heterocycles. The number of pyridine rings is 1. The number of fused-ring (bicyclic) bond motifs is 3. The van der Waals surface area contributed by atoms with Gasteiger partial charge in [0.05, 0.1) is 17.4 Å². The van der Waals surface area contributed by atoms with Crippen molar-refractivity contribution in [3.05, 3.63) is 93.4 Å². The summed E-state index contributed by atoms with van der Waals surface area (Å²) in [5, 5.41) is 9.39. The minimum Gasteiger partial charge on any atom is -0.438 e.